The molecule has 0 bridgehead atoms. The topological polar surface area (TPSA) is 57.9 Å². The zero-order valence-corrected chi connectivity index (χ0v) is 13.5. The number of rotatable bonds is 3. The summed E-state index contributed by atoms with van der Waals surface area (Å²) >= 11 is 4.94. The van der Waals surface area contributed by atoms with Crippen LogP contribution in [0.25, 0.3) is 10.2 Å². The predicted molar refractivity (Wildman–Crippen MR) is 88.3 cm³/mol. The Balaban J connectivity index is 1.94. The van der Waals surface area contributed by atoms with E-state index in [1.807, 2.05) is 24.3 Å². The van der Waals surface area contributed by atoms with Crippen molar-refractivity contribution in [3.63, 3.8) is 0 Å². The molecule has 1 N–H and O–H groups in total. The molecular weight excluding hydrogens is 350 g/mol. The maximum absolute atomic E-state index is 9.00. The van der Waals surface area contributed by atoms with Crippen molar-refractivity contribution in [2.75, 3.05) is 12.4 Å². The number of anilines is 2. The molecule has 0 amide bonds. The van der Waals surface area contributed by atoms with Gasteiger partial charge < -0.3 is 10.1 Å². The van der Waals surface area contributed by atoms with Crippen molar-refractivity contribution in [2.24, 2.45) is 0 Å². The van der Waals surface area contributed by atoms with Crippen LogP contribution < -0.4 is 10.1 Å². The van der Waals surface area contributed by atoms with Gasteiger partial charge in [-0.15, -0.1) is 0 Å². The van der Waals surface area contributed by atoms with E-state index in [2.05, 4.69) is 32.3 Å². The molecule has 0 aliphatic heterocycles. The minimum absolute atomic E-state index is 0.592. The zero-order chi connectivity index (χ0) is 14.8. The van der Waals surface area contributed by atoms with Gasteiger partial charge in [0.25, 0.3) is 0 Å². The van der Waals surface area contributed by atoms with Gasteiger partial charge in [0, 0.05) is 10.2 Å². The highest BCUT2D eigenvalue weighted by molar-refractivity contribution is 9.10. The average molecular weight is 360 g/mol. The Morgan fingerprint density at radius 1 is 1.29 bits per heavy atom. The molecule has 0 fully saturated rings. The van der Waals surface area contributed by atoms with Gasteiger partial charge in [0.1, 0.15) is 5.75 Å². The van der Waals surface area contributed by atoms with Gasteiger partial charge >= 0.3 is 0 Å². The molecule has 1 heterocycles. The molecule has 6 heteroatoms. The fraction of sp³-hybridized carbons (Fsp3) is 0.0667. The minimum Gasteiger partial charge on any atom is -0.497 e. The van der Waals surface area contributed by atoms with Crippen LogP contribution in [-0.4, -0.2) is 12.1 Å². The monoisotopic (exact) mass is 359 g/mol. The molecule has 0 aliphatic rings. The third-order valence-corrected chi connectivity index (χ3v) is 4.27. The molecule has 0 spiro atoms. The first-order chi connectivity index (χ1) is 10.2. The van der Waals surface area contributed by atoms with E-state index in [1.54, 1.807) is 30.6 Å². The Bertz CT molecular complexity index is 854. The lowest BCUT2D eigenvalue weighted by Crippen LogP contribution is -1.90. The molecule has 0 saturated heterocycles. The number of thiazole rings is 1. The number of ether oxygens (including phenoxy) is 1. The third-order valence-electron chi connectivity index (χ3n) is 2.87. The largest absolute Gasteiger partial charge is 0.497 e. The summed E-state index contributed by atoms with van der Waals surface area (Å²) in [5.74, 6) is 0.812. The van der Waals surface area contributed by atoms with E-state index in [1.165, 1.54) is 0 Å². The van der Waals surface area contributed by atoms with Gasteiger partial charge in [-0.2, -0.15) is 5.26 Å². The van der Waals surface area contributed by atoms with Gasteiger partial charge in [0.2, 0.25) is 0 Å². The molecule has 104 valence electrons. The predicted octanol–water partition coefficient (Wildman–Crippen LogP) is 4.68. The number of methoxy groups -OCH3 is 1. The molecule has 3 aromatic rings. The lowest BCUT2D eigenvalue weighted by Gasteiger charge is -2.03. The first kappa shape index (κ1) is 13.9. The smallest absolute Gasteiger partial charge is 0.188 e. The Morgan fingerprint density at radius 3 is 2.90 bits per heavy atom. The second-order valence-corrected chi connectivity index (χ2v) is 6.26. The quantitative estimate of drug-likeness (QED) is 0.737. The molecule has 3 rings (SSSR count). The Morgan fingerprint density at radius 2 is 2.14 bits per heavy atom. The van der Waals surface area contributed by atoms with Gasteiger partial charge in [-0.1, -0.05) is 27.3 Å². The van der Waals surface area contributed by atoms with Crippen molar-refractivity contribution in [2.45, 2.75) is 0 Å². The van der Waals surface area contributed by atoms with E-state index >= 15 is 0 Å². The Kier molecular flexibility index (Phi) is 3.78. The standard InChI is InChI=1S/C15H10BrN3OS/c1-20-12-2-3-13-14(7-12)21-15(19-13)18-11-5-9(8-17)4-10(16)6-11/h2-7H,1H3,(H,18,19). The number of hydrogen-bond acceptors (Lipinski definition) is 5. The Hall–Kier alpha value is -2.10. The number of hydrogen-bond donors (Lipinski definition) is 1. The van der Waals surface area contributed by atoms with E-state index in [-0.39, 0.29) is 0 Å². The molecule has 0 saturated carbocycles. The van der Waals surface area contributed by atoms with Gasteiger partial charge in [0.15, 0.2) is 5.13 Å². The summed E-state index contributed by atoms with van der Waals surface area (Å²) in [6, 6.07) is 13.4. The fourth-order valence-electron chi connectivity index (χ4n) is 1.94. The molecule has 0 radical (unpaired) electrons. The number of nitrogens with zero attached hydrogens (tertiary/aromatic N) is 2. The average Bonchev–Trinajstić information content (AvgIpc) is 2.87. The summed E-state index contributed by atoms with van der Waals surface area (Å²) in [4.78, 5) is 4.52. The van der Waals surface area contributed by atoms with Crippen LogP contribution in [0, 0.1) is 11.3 Å². The normalized spacial score (nSPS) is 10.3. The Labute approximate surface area is 134 Å². The molecule has 21 heavy (non-hydrogen) atoms. The summed E-state index contributed by atoms with van der Waals surface area (Å²) < 4.78 is 7.11. The third kappa shape index (κ3) is 2.99. The summed E-state index contributed by atoms with van der Waals surface area (Å²) in [7, 11) is 1.65. The fourth-order valence-corrected chi connectivity index (χ4v) is 3.34. The second-order valence-electron chi connectivity index (χ2n) is 4.32. The van der Waals surface area contributed by atoms with Crippen molar-refractivity contribution in [1.82, 2.24) is 4.98 Å². The summed E-state index contributed by atoms with van der Waals surface area (Å²) in [5.41, 5.74) is 2.33. The SMILES string of the molecule is COc1ccc2nc(Nc3cc(Br)cc(C#N)c3)sc2c1. The number of benzene rings is 2. The maximum atomic E-state index is 9.00. The highest BCUT2D eigenvalue weighted by Gasteiger charge is 2.06. The summed E-state index contributed by atoms with van der Waals surface area (Å²) in [6.45, 7) is 0. The van der Waals surface area contributed by atoms with Gasteiger partial charge in [-0.05, 0) is 36.4 Å². The van der Waals surface area contributed by atoms with Crippen LogP contribution in [0.1, 0.15) is 5.56 Å². The minimum atomic E-state index is 0.592. The van der Waals surface area contributed by atoms with Crippen molar-refractivity contribution in [1.29, 1.82) is 5.26 Å². The van der Waals surface area contributed by atoms with Crippen molar-refractivity contribution in [3.05, 3.63) is 46.4 Å². The van der Waals surface area contributed by atoms with Crippen molar-refractivity contribution in [3.8, 4) is 11.8 Å². The summed E-state index contributed by atoms with van der Waals surface area (Å²) in [6.07, 6.45) is 0. The first-order valence-electron chi connectivity index (χ1n) is 6.10. The van der Waals surface area contributed by atoms with E-state index in [4.69, 9.17) is 10.00 Å². The lowest BCUT2D eigenvalue weighted by atomic mass is 10.2. The summed E-state index contributed by atoms with van der Waals surface area (Å²) in [5, 5.41) is 13.0. The molecular formula is C15H10BrN3OS. The second kappa shape index (κ2) is 5.72. The van der Waals surface area contributed by atoms with Crippen LogP contribution in [0.5, 0.6) is 5.75 Å². The maximum Gasteiger partial charge on any atom is 0.188 e. The number of aromatic nitrogens is 1. The van der Waals surface area contributed by atoms with E-state index in [0.29, 0.717) is 5.56 Å². The molecule has 0 unspecified atom stereocenters. The van der Waals surface area contributed by atoms with Crippen molar-refractivity contribution >= 4 is 48.3 Å². The van der Waals surface area contributed by atoms with Crippen molar-refractivity contribution < 1.29 is 4.74 Å². The van der Waals surface area contributed by atoms with Crippen LogP contribution in [-0.2, 0) is 0 Å². The van der Waals surface area contributed by atoms with Crippen LogP contribution in [0.4, 0.5) is 10.8 Å². The molecule has 0 atom stereocenters. The van der Waals surface area contributed by atoms with Gasteiger partial charge in [-0.25, -0.2) is 4.98 Å². The number of nitriles is 1. The number of halogens is 1. The van der Waals surface area contributed by atoms with E-state index < -0.39 is 0 Å². The molecule has 1 aromatic heterocycles. The first-order valence-corrected chi connectivity index (χ1v) is 7.71. The van der Waals surface area contributed by atoms with E-state index in [9.17, 15) is 0 Å². The van der Waals surface area contributed by atoms with Crippen LogP contribution in [0.3, 0.4) is 0 Å². The van der Waals surface area contributed by atoms with Gasteiger partial charge in [-0.3, -0.25) is 0 Å². The highest BCUT2D eigenvalue weighted by Crippen LogP contribution is 2.31. The van der Waals surface area contributed by atoms with Gasteiger partial charge in [0.05, 0.1) is 29.0 Å². The molecule has 4 nitrogen and oxygen atoms in total. The van der Waals surface area contributed by atoms with Crippen LogP contribution in [0.15, 0.2) is 40.9 Å². The number of fused-ring (bicyclic) bond motifs is 1. The number of nitrogens with one attached hydrogen (secondary N) is 1. The molecule has 0 aliphatic carbocycles. The van der Waals surface area contributed by atoms with E-state index in [0.717, 1.165) is 31.3 Å². The van der Waals surface area contributed by atoms with Crippen LogP contribution >= 0.6 is 27.3 Å². The lowest BCUT2D eigenvalue weighted by molar-refractivity contribution is 0.415. The van der Waals surface area contributed by atoms with Crippen LogP contribution in [0.2, 0.25) is 0 Å². The zero-order valence-electron chi connectivity index (χ0n) is 11.1. The molecule has 2 aromatic carbocycles. The highest BCUT2D eigenvalue weighted by atomic mass is 79.9.